The number of aryl methyl sites for hydroxylation is 1. The number of halogens is 1. The van der Waals surface area contributed by atoms with Crippen molar-refractivity contribution in [3.8, 4) is 28.7 Å². The molecule has 0 saturated carbocycles. The van der Waals surface area contributed by atoms with Gasteiger partial charge in [-0.3, -0.25) is 9.25 Å². The van der Waals surface area contributed by atoms with Gasteiger partial charge in [0.2, 0.25) is 0 Å². The number of nitrogens with zero attached hydrogens (tertiary/aromatic N) is 7. The number of rotatable bonds is 10. The molecular weight excluding hydrogens is 489 g/mol. The lowest BCUT2D eigenvalue weighted by atomic mass is 10.2. The van der Waals surface area contributed by atoms with E-state index >= 15 is 0 Å². The normalized spacial score (nSPS) is 12.5. The zero-order valence-electron chi connectivity index (χ0n) is 20.3. The topological polar surface area (TPSA) is 127 Å². The lowest BCUT2D eigenvalue weighted by Gasteiger charge is -2.18. The summed E-state index contributed by atoms with van der Waals surface area (Å²) in [6, 6.07) is 7.01. The zero-order chi connectivity index (χ0) is 25.9. The van der Waals surface area contributed by atoms with Crippen LogP contribution in [0, 0.1) is 5.82 Å². The van der Waals surface area contributed by atoms with Crippen LogP contribution in [0.3, 0.4) is 0 Å². The Kier molecular flexibility index (Phi) is 7.29. The van der Waals surface area contributed by atoms with Gasteiger partial charge in [0.1, 0.15) is 34.5 Å². The van der Waals surface area contributed by atoms with Gasteiger partial charge in [-0.25, -0.2) is 22.8 Å². The Morgan fingerprint density at radius 2 is 1.72 bits per heavy atom. The van der Waals surface area contributed by atoms with E-state index in [0.29, 0.717) is 35.2 Å². The monoisotopic (exact) mass is 515 g/mol. The Morgan fingerprint density at radius 1 is 1.06 bits per heavy atom. The summed E-state index contributed by atoms with van der Waals surface area (Å²) in [4.78, 5) is 7.75. The van der Waals surface area contributed by atoms with Crippen molar-refractivity contribution < 1.29 is 22.3 Å². The molecule has 36 heavy (non-hydrogen) atoms. The van der Waals surface area contributed by atoms with Crippen LogP contribution in [0.25, 0.3) is 17.2 Å². The molecule has 0 spiro atoms. The third-order valence-electron chi connectivity index (χ3n) is 5.64. The van der Waals surface area contributed by atoms with Crippen LogP contribution in [0.4, 0.5) is 4.39 Å². The first kappa shape index (κ1) is 25.2. The molecule has 0 aliphatic carbocycles. The van der Waals surface area contributed by atoms with E-state index in [9.17, 15) is 12.8 Å². The van der Waals surface area contributed by atoms with Crippen molar-refractivity contribution in [2.75, 3.05) is 14.2 Å². The second-order valence-corrected chi connectivity index (χ2v) is 10.4. The molecule has 190 valence electrons. The summed E-state index contributed by atoms with van der Waals surface area (Å²) in [5.41, 5.74) is 0.960. The van der Waals surface area contributed by atoms with Crippen molar-refractivity contribution in [1.82, 2.24) is 34.5 Å². The molecule has 0 amide bonds. The van der Waals surface area contributed by atoms with E-state index in [4.69, 9.17) is 9.47 Å². The van der Waals surface area contributed by atoms with Gasteiger partial charge in [0.15, 0.2) is 27.3 Å². The maximum atomic E-state index is 13.4. The summed E-state index contributed by atoms with van der Waals surface area (Å²) in [5.74, 6) is 0.583. The largest absolute Gasteiger partial charge is 0.494 e. The predicted octanol–water partition coefficient (Wildman–Crippen LogP) is 2.64. The Hall–Kier alpha value is -3.87. The lowest BCUT2D eigenvalue weighted by Crippen LogP contribution is -2.24. The molecule has 0 aliphatic heterocycles. The van der Waals surface area contributed by atoms with Gasteiger partial charge in [-0.05, 0) is 32.0 Å². The molecule has 0 aliphatic rings. The summed E-state index contributed by atoms with van der Waals surface area (Å²) in [6.45, 7) is 4.15. The van der Waals surface area contributed by atoms with Crippen molar-refractivity contribution in [2.24, 2.45) is 0 Å². The fourth-order valence-corrected chi connectivity index (χ4v) is 4.90. The van der Waals surface area contributed by atoms with Gasteiger partial charge < -0.3 is 9.47 Å². The second kappa shape index (κ2) is 10.4. The van der Waals surface area contributed by atoms with Crippen LogP contribution in [0.2, 0.25) is 0 Å². The minimum atomic E-state index is -3.76. The van der Waals surface area contributed by atoms with Gasteiger partial charge in [0.25, 0.3) is 0 Å². The summed E-state index contributed by atoms with van der Waals surface area (Å²) >= 11 is 0. The first-order chi connectivity index (χ1) is 17.3. The van der Waals surface area contributed by atoms with Gasteiger partial charge in [-0.15, -0.1) is 10.2 Å². The molecule has 1 aromatic carbocycles. The van der Waals surface area contributed by atoms with Crippen molar-refractivity contribution in [1.29, 1.82) is 0 Å². The molecule has 4 rings (SSSR count). The third kappa shape index (κ3) is 5.05. The van der Waals surface area contributed by atoms with E-state index in [1.807, 2.05) is 6.92 Å². The zero-order valence-corrected chi connectivity index (χ0v) is 21.1. The van der Waals surface area contributed by atoms with Gasteiger partial charge in [-0.2, -0.15) is 5.10 Å². The van der Waals surface area contributed by atoms with Crippen LogP contribution in [-0.4, -0.2) is 62.4 Å². The highest BCUT2D eigenvalue weighted by Gasteiger charge is 2.29. The molecule has 0 N–H and O–H groups in total. The van der Waals surface area contributed by atoms with Gasteiger partial charge in [0, 0.05) is 19.2 Å². The van der Waals surface area contributed by atoms with Crippen molar-refractivity contribution in [2.45, 2.75) is 37.8 Å². The van der Waals surface area contributed by atoms with E-state index in [1.165, 1.54) is 14.2 Å². The molecule has 0 bridgehead atoms. The molecule has 3 aromatic heterocycles. The van der Waals surface area contributed by atoms with Crippen LogP contribution < -0.4 is 9.47 Å². The van der Waals surface area contributed by atoms with Gasteiger partial charge >= 0.3 is 0 Å². The molecular formula is C23H26FN7O4S. The smallest absolute Gasteiger partial charge is 0.189 e. The van der Waals surface area contributed by atoms with Crippen LogP contribution in [-0.2, 0) is 28.6 Å². The molecule has 3 heterocycles. The molecule has 4 aromatic rings. The summed E-state index contributed by atoms with van der Waals surface area (Å²) in [7, 11) is -0.745. The lowest BCUT2D eigenvalue weighted by molar-refractivity contribution is 0.390. The highest BCUT2D eigenvalue weighted by Crippen LogP contribution is 2.36. The first-order valence-corrected chi connectivity index (χ1v) is 12.9. The van der Waals surface area contributed by atoms with Crippen LogP contribution in [0.5, 0.6) is 11.5 Å². The van der Waals surface area contributed by atoms with E-state index in [1.54, 1.807) is 46.6 Å². The number of benzene rings is 1. The van der Waals surface area contributed by atoms with Crippen LogP contribution >= 0.6 is 0 Å². The van der Waals surface area contributed by atoms with Gasteiger partial charge in [-0.1, -0.05) is 6.07 Å². The minimum absolute atomic E-state index is 0.0164. The predicted molar refractivity (Wildman–Crippen MR) is 129 cm³/mol. The van der Waals surface area contributed by atoms with E-state index < -0.39 is 26.7 Å². The third-order valence-corrected chi connectivity index (χ3v) is 7.69. The number of ether oxygens (including phenoxy) is 2. The van der Waals surface area contributed by atoms with E-state index in [0.717, 1.165) is 12.4 Å². The van der Waals surface area contributed by atoms with Crippen molar-refractivity contribution in [3.63, 3.8) is 0 Å². The summed E-state index contributed by atoms with van der Waals surface area (Å²) < 4.78 is 54.4. The standard InChI is InChI=1S/C23H26FN7O4S/c1-5-30-10-9-17(29-30)23-28-27-21(31(23)22-18(34-3)7-6-8-19(22)35-4)14-36(32,33)15(2)11-20-25-12-16(24)13-26-20/h6-10,12-13,15H,5,11,14H2,1-4H3/t15-/m0/s1. The number of methoxy groups -OCH3 is 2. The maximum Gasteiger partial charge on any atom is 0.189 e. The average molecular weight is 516 g/mol. The highest BCUT2D eigenvalue weighted by molar-refractivity contribution is 7.91. The number of sulfone groups is 1. The molecule has 11 nitrogen and oxygen atoms in total. The first-order valence-electron chi connectivity index (χ1n) is 11.1. The van der Waals surface area contributed by atoms with Gasteiger partial charge in [0.05, 0.1) is 31.9 Å². The Bertz CT molecular complexity index is 1430. The Labute approximate surface area is 207 Å². The quantitative estimate of drug-likeness (QED) is 0.313. The Morgan fingerprint density at radius 3 is 2.31 bits per heavy atom. The van der Waals surface area contributed by atoms with Crippen LogP contribution in [0.15, 0.2) is 42.9 Å². The maximum absolute atomic E-state index is 13.4. The average Bonchev–Trinajstić information content (AvgIpc) is 3.51. The highest BCUT2D eigenvalue weighted by atomic mass is 32.2. The minimum Gasteiger partial charge on any atom is -0.494 e. The van der Waals surface area contributed by atoms with Crippen molar-refractivity contribution in [3.05, 3.63) is 60.3 Å². The molecule has 1 atom stereocenters. The number of hydrogen-bond donors (Lipinski definition) is 0. The van der Waals surface area contributed by atoms with E-state index in [2.05, 4.69) is 25.3 Å². The fraction of sp³-hybridized carbons (Fsp3) is 0.348. The molecule has 0 radical (unpaired) electrons. The fourth-order valence-electron chi connectivity index (χ4n) is 3.67. The summed E-state index contributed by atoms with van der Waals surface area (Å²) in [6.07, 6.45) is 3.83. The number of aromatic nitrogens is 7. The SMILES string of the molecule is CCn1ccc(-c2nnc(CS(=O)(=O)[C@@H](C)Cc3ncc(F)cn3)n2-c2c(OC)cccc2OC)n1. The van der Waals surface area contributed by atoms with E-state index in [-0.39, 0.29) is 18.1 Å². The number of para-hydroxylation sites is 1. The second-order valence-electron chi connectivity index (χ2n) is 7.98. The molecule has 0 saturated heterocycles. The number of hydrogen-bond acceptors (Lipinski definition) is 9. The van der Waals surface area contributed by atoms with Crippen molar-refractivity contribution >= 4 is 9.84 Å². The molecule has 0 unspecified atom stereocenters. The van der Waals surface area contributed by atoms with Crippen LogP contribution in [0.1, 0.15) is 25.5 Å². The summed E-state index contributed by atoms with van der Waals surface area (Å²) in [5, 5.41) is 12.2. The Balaban J connectivity index is 1.79. The molecule has 13 heteroatoms. The molecule has 0 fully saturated rings.